The van der Waals surface area contributed by atoms with Crippen molar-refractivity contribution in [3.8, 4) is 11.5 Å². The monoisotopic (exact) mass is 443 g/mol. The molecule has 2 aromatic carbocycles. The lowest BCUT2D eigenvalue weighted by Gasteiger charge is -2.19. The number of aromatic nitrogens is 1. The minimum Gasteiger partial charge on any atom is -0.454 e. The van der Waals surface area contributed by atoms with Gasteiger partial charge in [-0.3, -0.25) is 0 Å². The molecule has 0 spiro atoms. The molecule has 1 aromatic heterocycles. The maximum Gasteiger partial charge on any atom is 0.231 e. The van der Waals surface area contributed by atoms with Crippen molar-refractivity contribution in [2.24, 2.45) is 0 Å². The number of hydrogen-bond donors (Lipinski definition) is 3. The summed E-state index contributed by atoms with van der Waals surface area (Å²) < 4.78 is 11.0. The molecule has 1 aliphatic carbocycles. The molecular weight excluding hydrogens is 422 g/mol. The first-order chi connectivity index (χ1) is 14.7. The van der Waals surface area contributed by atoms with E-state index in [4.69, 9.17) is 21.1 Å². The Balaban J connectivity index is 1.38. The molecule has 1 fully saturated rings. The minimum atomic E-state index is -0.125. The summed E-state index contributed by atoms with van der Waals surface area (Å²) in [6, 6.07) is 13.8. The van der Waals surface area contributed by atoms with Crippen molar-refractivity contribution in [1.29, 1.82) is 0 Å². The normalized spacial score (nSPS) is 17.0. The fourth-order valence-corrected chi connectivity index (χ4v) is 5.02. The van der Waals surface area contributed by atoms with E-state index in [1.165, 1.54) is 5.56 Å². The lowest BCUT2D eigenvalue weighted by molar-refractivity contribution is 0.174. The first kappa shape index (κ1) is 19.6. The van der Waals surface area contributed by atoms with E-state index in [1.807, 2.05) is 36.5 Å². The third-order valence-corrected chi connectivity index (χ3v) is 6.83. The second-order valence-electron chi connectivity index (χ2n) is 7.48. The standard InChI is InChI=1S/C22H22ClN3O3S/c23-16-4-2-1-3-15(16)20(24-9-10-27)19-12-25-21(30-19)26-22(7-8-22)14-5-6-17-18(11-14)29-13-28-17/h1-6,11-12,20,24,27H,7-10,13H2,(H,25,26). The second-order valence-corrected chi connectivity index (χ2v) is 8.94. The fourth-order valence-electron chi connectivity index (χ4n) is 3.77. The highest BCUT2D eigenvalue weighted by Gasteiger charge is 2.45. The van der Waals surface area contributed by atoms with E-state index in [0.717, 1.165) is 39.9 Å². The lowest BCUT2D eigenvalue weighted by Crippen LogP contribution is -2.25. The summed E-state index contributed by atoms with van der Waals surface area (Å²) in [5.41, 5.74) is 2.04. The predicted octanol–water partition coefficient (Wildman–Crippen LogP) is 4.30. The molecule has 5 rings (SSSR count). The van der Waals surface area contributed by atoms with Gasteiger partial charge in [-0.1, -0.05) is 35.9 Å². The topological polar surface area (TPSA) is 75.6 Å². The number of rotatable bonds is 8. The number of aliphatic hydroxyl groups excluding tert-OH is 1. The van der Waals surface area contributed by atoms with Crippen LogP contribution in [-0.2, 0) is 5.54 Å². The molecule has 156 valence electrons. The molecule has 0 saturated heterocycles. The number of halogens is 1. The van der Waals surface area contributed by atoms with Crippen LogP contribution in [0.3, 0.4) is 0 Å². The fraction of sp³-hybridized carbons (Fsp3) is 0.318. The summed E-state index contributed by atoms with van der Waals surface area (Å²) in [6.07, 6.45) is 3.96. The molecule has 0 bridgehead atoms. The smallest absolute Gasteiger partial charge is 0.231 e. The molecule has 0 amide bonds. The van der Waals surface area contributed by atoms with E-state index >= 15 is 0 Å². The van der Waals surface area contributed by atoms with Crippen LogP contribution in [0, 0.1) is 0 Å². The Morgan fingerprint density at radius 1 is 1.17 bits per heavy atom. The van der Waals surface area contributed by atoms with Crippen LogP contribution in [-0.4, -0.2) is 30.0 Å². The second kappa shape index (κ2) is 8.07. The van der Waals surface area contributed by atoms with Crippen LogP contribution in [0.1, 0.15) is 34.9 Å². The number of anilines is 1. The summed E-state index contributed by atoms with van der Waals surface area (Å²) in [6.45, 7) is 0.801. The van der Waals surface area contributed by atoms with Gasteiger partial charge in [0, 0.05) is 22.6 Å². The van der Waals surface area contributed by atoms with Crippen LogP contribution in [0.2, 0.25) is 5.02 Å². The van der Waals surface area contributed by atoms with Gasteiger partial charge < -0.3 is 25.2 Å². The van der Waals surface area contributed by atoms with Crippen molar-refractivity contribution < 1.29 is 14.6 Å². The number of nitrogens with one attached hydrogen (secondary N) is 2. The Labute approximate surface area is 183 Å². The van der Waals surface area contributed by atoms with Crippen molar-refractivity contribution in [3.63, 3.8) is 0 Å². The minimum absolute atomic E-state index is 0.0537. The molecule has 2 heterocycles. The zero-order valence-corrected chi connectivity index (χ0v) is 17.8. The summed E-state index contributed by atoms with van der Waals surface area (Å²) in [5, 5.41) is 17.9. The molecule has 1 atom stereocenters. The van der Waals surface area contributed by atoms with Gasteiger partial charge in [0.05, 0.1) is 18.2 Å². The van der Waals surface area contributed by atoms with Crippen LogP contribution in [0.25, 0.3) is 0 Å². The molecule has 6 nitrogen and oxygen atoms in total. The maximum atomic E-state index is 9.30. The van der Waals surface area contributed by atoms with E-state index in [1.54, 1.807) is 11.3 Å². The van der Waals surface area contributed by atoms with Crippen molar-refractivity contribution >= 4 is 28.1 Å². The van der Waals surface area contributed by atoms with Gasteiger partial charge in [0.1, 0.15) is 0 Å². The zero-order chi connectivity index (χ0) is 20.6. The number of hydrogen-bond acceptors (Lipinski definition) is 7. The number of fused-ring (bicyclic) bond motifs is 1. The van der Waals surface area contributed by atoms with Crippen LogP contribution < -0.4 is 20.1 Å². The van der Waals surface area contributed by atoms with E-state index in [9.17, 15) is 5.11 Å². The van der Waals surface area contributed by atoms with Gasteiger partial charge in [-0.25, -0.2) is 4.98 Å². The maximum absolute atomic E-state index is 9.30. The molecule has 2 aliphatic rings. The summed E-state index contributed by atoms with van der Waals surface area (Å²) in [5.74, 6) is 1.59. The first-order valence-corrected chi connectivity index (χ1v) is 11.1. The van der Waals surface area contributed by atoms with E-state index < -0.39 is 0 Å². The van der Waals surface area contributed by atoms with Crippen molar-refractivity contribution in [2.45, 2.75) is 24.4 Å². The Hall–Kier alpha value is -2.32. The van der Waals surface area contributed by atoms with Crippen LogP contribution in [0.4, 0.5) is 5.13 Å². The molecular formula is C22H22ClN3O3S. The van der Waals surface area contributed by atoms with Gasteiger partial charge in [0.25, 0.3) is 0 Å². The Morgan fingerprint density at radius 3 is 2.80 bits per heavy atom. The van der Waals surface area contributed by atoms with Gasteiger partial charge in [-0.2, -0.15) is 0 Å². The first-order valence-electron chi connectivity index (χ1n) is 9.91. The largest absolute Gasteiger partial charge is 0.454 e. The zero-order valence-electron chi connectivity index (χ0n) is 16.2. The van der Waals surface area contributed by atoms with Gasteiger partial charge in [-0.05, 0) is 42.2 Å². The molecule has 1 saturated carbocycles. The molecule has 1 aliphatic heterocycles. The molecule has 3 N–H and O–H groups in total. The lowest BCUT2D eigenvalue weighted by atomic mass is 10.0. The third kappa shape index (κ3) is 3.74. The highest BCUT2D eigenvalue weighted by molar-refractivity contribution is 7.15. The number of thiazole rings is 1. The SMILES string of the molecule is OCCNC(c1cnc(NC2(c3ccc4c(c3)OCO4)CC2)s1)c1ccccc1Cl. The highest BCUT2D eigenvalue weighted by atomic mass is 35.5. The highest BCUT2D eigenvalue weighted by Crippen LogP contribution is 2.51. The Morgan fingerprint density at radius 2 is 2.00 bits per heavy atom. The molecule has 30 heavy (non-hydrogen) atoms. The van der Waals surface area contributed by atoms with E-state index in [0.29, 0.717) is 11.6 Å². The van der Waals surface area contributed by atoms with E-state index in [-0.39, 0.29) is 25.0 Å². The van der Waals surface area contributed by atoms with Gasteiger partial charge >= 0.3 is 0 Å². The number of benzene rings is 2. The molecule has 8 heteroatoms. The average molecular weight is 444 g/mol. The molecule has 0 radical (unpaired) electrons. The third-order valence-electron chi connectivity index (χ3n) is 5.51. The quantitative estimate of drug-likeness (QED) is 0.482. The predicted molar refractivity (Wildman–Crippen MR) is 118 cm³/mol. The Bertz CT molecular complexity index is 1050. The summed E-state index contributed by atoms with van der Waals surface area (Å²) in [4.78, 5) is 5.67. The van der Waals surface area contributed by atoms with Crippen molar-refractivity contribution in [3.05, 3.63) is 69.7 Å². The summed E-state index contributed by atoms with van der Waals surface area (Å²) in [7, 11) is 0. The molecule has 3 aromatic rings. The summed E-state index contributed by atoms with van der Waals surface area (Å²) >= 11 is 8.04. The van der Waals surface area contributed by atoms with Crippen molar-refractivity contribution in [1.82, 2.24) is 10.3 Å². The van der Waals surface area contributed by atoms with Gasteiger partial charge in [-0.15, -0.1) is 11.3 Å². The number of nitrogens with zero attached hydrogens (tertiary/aromatic N) is 1. The average Bonchev–Trinajstić information content (AvgIpc) is 3.16. The Kier molecular flexibility index (Phi) is 5.28. The van der Waals surface area contributed by atoms with Crippen molar-refractivity contribution in [2.75, 3.05) is 25.3 Å². The van der Waals surface area contributed by atoms with Gasteiger partial charge in [0.2, 0.25) is 6.79 Å². The number of aliphatic hydroxyl groups is 1. The molecule has 1 unspecified atom stereocenters. The van der Waals surface area contributed by atoms with Gasteiger partial charge in [0.15, 0.2) is 16.6 Å². The van der Waals surface area contributed by atoms with Crippen LogP contribution in [0.15, 0.2) is 48.7 Å². The van der Waals surface area contributed by atoms with E-state index in [2.05, 4.69) is 27.8 Å². The van der Waals surface area contributed by atoms with Crippen LogP contribution in [0.5, 0.6) is 11.5 Å². The van der Waals surface area contributed by atoms with Crippen LogP contribution >= 0.6 is 22.9 Å². The number of ether oxygens (including phenoxy) is 2.